The van der Waals surface area contributed by atoms with Gasteiger partial charge < -0.3 is 5.73 Å². The Balaban J connectivity index is 2.97. The van der Waals surface area contributed by atoms with Gasteiger partial charge in [-0.1, -0.05) is 19.9 Å². The average molecular weight is 180 g/mol. The summed E-state index contributed by atoms with van der Waals surface area (Å²) in [4.78, 5) is 4.01. The molecule has 0 saturated carbocycles. The predicted molar refractivity (Wildman–Crippen MR) is 53.6 cm³/mol. The van der Waals surface area contributed by atoms with Crippen molar-refractivity contribution in [3.8, 4) is 0 Å². The smallest absolute Gasteiger partial charge is 0.128 e. The van der Waals surface area contributed by atoms with E-state index >= 15 is 0 Å². The molecule has 13 heavy (non-hydrogen) atoms. The largest absolute Gasteiger partial charge is 0.383 e. The van der Waals surface area contributed by atoms with E-state index in [1.165, 1.54) is 0 Å². The van der Waals surface area contributed by atoms with Gasteiger partial charge in [0.05, 0.1) is 6.04 Å². The van der Waals surface area contributed by atoms with Gasteiger partial charge in [-0.25, -0.2) is 4.98 Å². The second-order valence-electron chi connectivity index (χ2n) is 3.37. The molecule has 0 aliphatic rings. The number of nitrogens with zero attached hydrogens (tertiary/aromatic N) is 1. The molecule has 0 aliphatic heterocycles. The number of nitrogen functional groups attached to an aromatic ring is 1. The third kappa shape index (κ3) is 2.17. The molecule has 0 radical (unpaired) electrons. The van der Waals surface area contributed by atoms with Crippen molar-refractivity contribution in [3.05, 3.63) is 23.9 Å². The normalized spacial score (nSPS) is 13.2. The lowest BCUT2D eigenvalue weighted by Gasteiger charge is -2.20. The zero-order valence-corrected chi connectivity index (χ0v) is 7.99. The molecule has 1 unspecified atom stereocenters. The summed E-state index contributed by atoms with van der Waals surface area (Å²) in [6, 6.07) is 3.86. The molecular weight excluding hydrogens is 164 g/mol. The number of hydrazine groups is 1. The molecule has 5 N–H and O–H groups in total. The van der Waals surface area contributed by atoms with Crippen LogP contribution < -0.4 is 17.0 Å². The maximum atomic E-state index is 5.73. The zero-order valence-electron chi connectivity index (χ0n) is 7.99. The van der Waals surface area contributed by atoms with Gasteiger partial charge in [-0.15, -0.1) is 0 Å². The van der Waals surface area contributed by atoms with Crippen LogP contribution in [-0.4, -0.2) is 4.98 Å². The summed E-state index contributed by atoms with van der Waals surface area (Å²) in [5.74, 6) is 6.37. The van der Waals surface area contributed by atoms with Crippen LogP contribution in [0.4, 0.5) is 5.82 Å². The summed E-state index contributed by atoms with van der Waals surface area (Å²) in [5.41, 5.74) is 9.43. The van der Waals surface area contributed by atoms with Gasteiger partial charge in [0, 0.05) is 11.8 Å². The Bertz CT molecular complexity index is 272. The summed E-state index contributed by atoms with van der Waals surface area (Å²) in [6.07, 6.45) is 1.67. The molecule has 1 heterocycles. The van der Waals surface area contributed by atoms with Crippen molar-refractivity contribution >= 4 is 5.82 Å². The van der Waals surface area contributed by atoms with Crippen molar-refractivity contribution in [2.75, 3.05) is 5.73 Å². The molecule has 0 bridgehead atoms. The molecule has 0 spiro atoms. The predicted octanol–water partition coefficient (Wildman–Crippen LogP) is 0.824. The minimum atomic E-state index is 0.0636. The van der Waals surface area contributed by atoms with E-state index in [4.69, 9.17) is 11.6 Å². The van der Waals surface area contributed by atoms with E-state index in [0.29, 0.717) is 11.7 Å². The molecule has 72 valence electrons. The summed E-state index contributed by atoms with van der Waals surface area (Å²) < 4.78 is 0. The van der Waals surface area contributed by atoms with Gasteiger partial charge in [0.1, 0.15) is 5.82 Å². The fraction of sp³-hybridized carbons (Fsp3) is 0.444. The van der Waals surface area contributed by atoms with Gasteiger partial charge in [0.15, 0.2) is 0 Å². The minimum absolute atomic E-state index is 0.0636. The Morgan fingerprint density at radius 2 is 2.15 bits per heavy atom. The van der Waals surface area contributed by atoms with E-state index in [2.05, 4.69) is 24.3 Å². The summed E-state index contributed by atoms with van der Waals surface area (Å²) in [6.45, 7) is 4.16. The number of hydrogen-bond acceptors (Lipinski definition) is 4. The highest BCUT2D eigenvalue weighted by Gasteiger charge is 2.16. The van der Waals surface area contributed by atoms with Crippen molar-refractivity contribution in [1.82, 2.24) is 10.4 Å². The Labute approximate surface area is 78.3 Å². The molecule has 4 heteroatoms. The highest BCUT2D eigenvalue weighted by Crippen LogP contribution is 2.23. The third-order valence-corrected chi connectivity index (χ3v) is 2.05. The lowest BCUT2D eigenvalue weighted by Crippen LogP contribution is -2.32. The molecule has 0 saturated heterocycles. The number of hydrogen-bond donors (Lipinski definition) is 3. The Morgan fingerprint density at radius 1 is 1.46 bits per heavy atom. The molecule has 0 amide bonds. The van der Waals surface area contributed by atoms with Crippen LogP contribution in [0, 0.1) is 5.92 Å². The Morgan fingerprint density at radius 3 is 2.62 bits per heavy atom. The molecule has 1 atom stereocenters. The van der Waals surface area contributed by atoms with Gasteiger partial charge in [0.25, 0.3) is 0 Å². The second kappa shape index (κ2) is 4.20. The Kier molecular flexibility index (Phi) is 3.22. The first-order valence-electron chi connectivity index (χ1n) is 4.33. The van der Waals surface area contributed by atoms with E-state index in [0.717, 1.165) is 5.56 Å². The number of pyridine rings is 1. The molecule has 4 nitrogen and oxygen atoms in total. The summed E-state index contributed by atoms with van der Waals surface area (Å²) in [7, 11) is 0. The number of nitrogens with one attached hydrogen (secondary N) is 1. The molecule has 0 aromatic carbocycles. The number of aromatic nitrogens is 1. The van der Waals surface area contributed by atoms with Crippen molar-refractivity contribution in [2.45, 2.75) is 19.9 Å². The van der Waals surface area contributed by atoms with Crippen molar-refractivity contribution in [3.63, 3.8) is 0 Å². The van der Waals surface area contributed by atoms with Crippen molar-refractivity contribution < 1.29 is 0 Å². The van der Waals surface area contributed by atoms with Crippen LogP contribution in [0.5, 0.6) is 0 Å². The number of rotatable bonds is 3. The summed E-state index contributed by atoms with van der Waals surface area (Å²) in [5, 5.41) is 0. The SMILES string of the molecule is CC(C)C(NN)c1cccnc1N. The van der Waals surface area contributed by atoms with Crippen LogP contribution in [0.3, 0.4) is 0 Å². The standard InChI is InChI=1S/C9H16N4/c1-6(2)8(13-11)7-4-3-5-12-9(7)10/h3-6,8,13H,11H2,1-2H3,(H2,10,12). The second-order valence-corrected chi connectivity index (χ2v) is 3.37. The fourth-order valence-electron chi connectivity index (χ4n) is 1.33. The van der Waals surface area contributed by atoms with Gasteiger partial charge in [0.2, 0.25) is 0 Å². The molecule has 1 aromatic rings. The van der Waals surface area contributed by atoms with E-state index < -0.39 is 0 Å². The Hall–Kier alpha value is -1.13. The van der Waals surface area contributed by atoms with Crippen molar-refractivity contribution in [1.29, 1.82) is 0 Å². The number of nitrogens with two attached hydrogens (primary N) is 2. The minimum Gasteiger partial charge on any atom is -0.383 e. The number of anilines is 1. The van der Waals surface area contributed by atoms with E-state index in [1.54, 1.807) is 6.20 Å². The third-order valence-electron chi connectivity index (χ3n) is 2.05. The molecule has 0 aliphatic carbocycles. The van der Waals surface area contributed by atoms with Gasteiger partial charge in [-0.05, 0) is 12.0 Å². The van der Waals surface area contributed by atoms with Crippen LogP contribution >= 0.6 is 0 Å². The van der Waals surface area contributed by atoms with Crippen LogP contribution in [0.25, 0.3) is 0 Å². The van der Waals surface area contributed by atoms with E-state index in [1.807, 2.05) is 12.1 Å². The van der Waals surface area contributed by atoms with Gasteiger partial charge >= 0.3 is 0 Å². The topological polar surface area (TPSA) is 77.0 Å². The molecule has 1 rings (SSSR count). The lowest BCUT2D eigenvalue weighted by molar-refractivity contribution is 0.421. The molecule has 0 fully saturated rings. The average Bonchev–Trinajstić information content (AvgIpc) is 2.09. The first-order chi connectivity index (χ1) is 6.16. The van der Waals surface area contributed by atoms with E-state index in [9.17, 15) is 0 Å². The monoisotopic (exact) mass is 180 g/mol. The maximum Gasteiger partial charge on any atom is 0.128 e. The highest BCUT2D eigenvalue weighted by atomic mass is 15.2. The lowest BCUT2D eigenvalue weighted by atomic mass is 9.97. The van der Waals surface area contributed by atoms with E-state index in [-0.39, 0.29) is 6.04 Å². The first kappa shape index (κ1) is 9.95. The van der Waals surface area contributed by atoms with Crippen LogP contribution in [0.2, 0.25) is 0 Å². The van der Waals surface area contributed by atoms with Crippen LogP contribution in [0.15, 0.2) is 18.3 Å². The van der Waals surface area contributed by atoms with Crippen molar-refractivity contribution in [2.24, 2.45) is 11.8 Å². The first-order valence-corrected chi connectivity index (χ1v) is 4.33. The molecule has 1 aromatic heterocycles. The van der Waals surface area contributed by atoms with Gasteiger partial charge in [-0.2, -0.15) is 0 Å². The fourth-order valence-corrected chi connectivity index (χ4v) is 1.33. The van der Waals surface area contributed by atoms with Crippen LogP contribution in [-0.2, 0) is 0 Å². The van der Waals surface area contributed by atoms with Crippen LogP contribution in [0.1, 0.15) is 25.5 Å². The molecular formula is C9H16N4. The zero-order chi connectivity index (χ0) is 9.84. The maximum absolute atomic E-state index is 5.73. The highest BCUT2D eigenvalue weighted by molar-refractivity contribution is 5.40. The van der Waals surface area contributed by atoms with Gasteiger partial charge in [-0.3, -0.25) is 11.3 Å². The summed E-state index contributed by atoms with van der Waals surface area (Å²) >= 11 is 0. The quantitative estimate of drug-likeness (QED) is 0.475.